The van der Waals surface area contributed by atoms with Crippen molar-refractivity contribution in [3.8, 4) is 0 Å². The second-order valence-electron chi connectivity index (χ2n) is 5.65. The quantitative estimate of drug-likeness (QED) is 0.707. The molecule has 7 heteroatoms. The molecule has 0 aliphatic carbocycles. The van der Waals surface area contributed by atoms with Crippen LogP contribution in [-0.4, -0.2) is 15.5 Å². The topological polar surface area (TPSA) is 84.0 Å². The summed E-state index contributed by atoms with van der Waals surface area (Å²) in [6, 6.07) is 10.1. The maximum atomic E-state index is 12.5. The van der Waals surface area contributed by atoms with E-state index < -0.39 is 11.1 Å². The average molecular weight is 358 g/mol. The molecule has 0 saturated carbocycles. The molecule has 0 atom stereocenters. The van der Waals surface area contributed by atoms with Crippen LogP contribution in [0.5, 0.6) is 0 Å². The molecule has 1 amide bonds. The SMILES string of the molecule is CCn1c(=O)c(=O)[nH]c2cc(C(=O)Nc3cc(Cl)ccc3C)ccc21. The van der Waals surface area contributed by atoms with Gasteiger partial charge in [-0.1, -0.05) is 17.7 Å². The Morgan fingerprint density at radius 3 is 2.68 bits per heavy atom. The highest BCUT2D eigenvalue weighted by Crippen LogP contribution is 2.21. The van der Waals surface area contributed by atoms with Crippen molar-refractivity contribution in [2.24, 2.45) is 0 Å². The smallest absolute Gasteiger partial charge is 0.316 e. The zero-order chi connectivity index (χ0) is 18.1. The van der Waals surface area contributed by atoms with E-state index in [1.165, 1.54) is 4.57 Å². The number of anilines is 1. The second-order valence-corrected chi connectivity index (χ2v) is 6.09. The van der Waals surface area contributed by atoms with Crippen LogP contribution in [0.15, 0.2) is 46.0 Å². The van der Waals surface area contributed by atoms with Crippen LogP contribution in [0, 0.1) is 6.92 Å². The van der Waals surface area contributed by atoms with Crippen LogP contribution in [0.4, 0.5) is 5.69 Å². The van der Waals surface area contributed by atoms with Crippen molar-refractivity contribution in [3.05, 3.63) is 73.3 Å². The number of nitrogens with zero attached hydrogens (tertiary/aromatic N) is 1. The number of aryl methyl sites for hydroxylation is 2. The summed E-state index contributed by atoms with van der Waals surface area (Å²) in [6.07, 6.45) is 0. The number of carbonyl (C=O) groups excluding carboxylic acids is 1. The van der Waals surface area contributed by atoms with Gasteiger partial charge < -0.3 is 14.9 Å². The van der Waals surface area contributed by atoms with Crippen LogP contribution < -0.4 is 16.4 Å². The van der Waals surface area contributed by atoms with E-state index in [0.717, 1.165) is 5.56 Å². The van der Waals surface area contributed by atoms with E-state index in [-0.39, 0.29) is 5.91 Å². The summed E-state index contributed by atoms with van der Waals surface area (Å²) in [5, 5.41) is 3.33. The molecule has 2 aromatic carbocycles. The number of benzene rings is 2. The molecule has 1 heterocycles. The van der Waals surface area contributed by atoms with Crippen molar-refractivity contribution in [1.29, 1.82) is 0 Å². The lowest BCUT2D eigenvalue weighted by Gasteiger charge is -2.11. The summed E-state index contributed by atoms with van der Waals surface area (Å²) in [4.78, 5) is 38.7. The summed E-state index contributed by atoms with van der Waals surface area (Å²) in [5.74, 6) is -0.331. The molecule has 1 aromatic heterocycles. The molecule has 0 unspecified atom stereocenters. The van der Waals surface area contributed by atoms with Crippen molar-refractivity contribution in [1.82, 2.24) is 9.55 Å². The Morgan fingerprint density at radius 2 is 1.96 bits per heavy atom. The van der Waals surface area contributed by atoms with Crippen LogP contribution >= 0.6 is 11.6 Å². The van der Waals surface area contributed by atoms with Gasteiger partial charge in [0.25, 0.3) is 5.91 Å². The first kappa shape index (κ1) is 17.0. The number of amides is 1. The van der Waals surface area contributed by atoms with Crippen LogP contribution in [0.1, 0.15) is 22.8 Å². The zero-order valence-electron chi connectivity index (χ0n) is 13.7. The molecule has 3 rings (SSSR count). The maximum Gasteiger partial charge on any atom is 0.316 e. The van der Waals surface area contributed by atoms with E-state index in [0.29, 0.717) is 33.9 Å². The standard InChI is InChI=1S/C18H16ClN3O3/c1-3-22-15-7-5-11(8-14(15)21-17(24)18(22)25)16(23)20-13-9-12(19)6-4-10(13)2/h4-9H,3H2,1-2H3,(H,20,23)(H,21,24). The Morgan fingerprint density at radius 1 is 1.20 bits per heavy atom. The molecule has 0 spiro atoms. The fraction of sp³-hybridized carbons (Fsp3) is 0.167. The third kappa shape index (κ3) is 3.21. The lowest BCUT2D eigenvalue weighted by atomic mass is 10.1. The van der Waals surface area contributed by atoms with Gasteiger partial charge in [-0.15, -0.1) is 0 Å². The molecule has 25 heavy (non-hydrogen) atoms. The van der Waals surface area contributed by atoms with Gasteiger partial charge in [0.2, 0.25) is 0 Å². The van der Waals surface area contributed by atoms with Crippen molar-refractivity contribution in [3.63, 3.8) is 0 Å². The van der Waals surface area contributed by atoms with Crippen molar-refractivity contribution < 1.29 is 4.79 Å². The van der Waals surface area contributed by atoms with Gasteiger partial charge in [-0.3, -0.25) is 14.4 Å². The minimum absolute atomic E-state index is 0.331. The number of fused-ring (bicyclic) bond motifs is 1. The predicted octanol–water partition coefficient (Wildman–Crippen LogP) is 2.92. The van der Waals surface area contributed by atoms with E-state index in [2.05, 4.69) is 10.3 Å². The van der Waals surface area contributed by atoms with Gasteiger partial charge in [0.15, 0.2) is 0 Å². The maximum absolute atomic E-state index is 12.5. The number of carbonyl (C=O) groups is 1. The lowest BCUT2D eigenvalue weighted by molar-refractivity contribution is 0.102. The normalized spacial score (nSPS) is 10.8. The molecule has 0 radical (unpaired) electrons. The number of nitrogens with one attached hydrogen (secondary N) is 2. The monoisotopic (exact) mass is 357 g/mol. The molecule has 0 saturated heterocycles. The molecule has 0 aliphatic heterocycles. The first-order valence-corrected chi connectivity index (χ1v) is 8.13. The molecule has 0 aliphatic rings. The minimum Gasteiger partial charge on any atom is -0.322 e. The highest BCUT2D eigenvalue weighted by Gasteiger charge is 2.12. The molecule has 3 aromatic rings. The van der Waals surface area contributed by atoms with Gasteiger partial charge in [-0.05, 0) is 49.7 Å². The van der Waals surface area contributed by atoms with Crippen molar-refractivity contribution in [2.75, 3.05) is 5.32 Å². The Balaban J connectivity index is 2.03. The van der Waals surface area contributed by atoms with Gasteiger partial charge in [-0.2, -0.15) is 0 Å². The first-order valence-electron chi connectivity index (χ1n) is 7.75. The third-order valence-corrected chi connectivity index (χ3v) is 4.24. The van der Waals surface area contributed by atoms with Crippen LogP contribution in [0.3, 0.4) is 0 Å². The molecule has 128 valence electrons. The first-order chi connectivity index (χ1) is 11.9. The van der Waals surface area contributed by atoms with E-state index >= 15 is 0 Å². The number of rotatable bonds is 3. The van der Waals surface area contributed by atoms with E-state index in [1.54, 1.807) is 37.3 Å². The van der Waals surface area contributed by atoms with Gasteiger partial charge in [0.1, 0.15) is 0 Å². The minimum atomic E-state index is -0.711. The highest BCUT2D eigenvalue weighted by atomic mass is 35.5. The number of H-pyrrole nitrogens is 1. The van der Waals surface area contributed by atoms with E-state index in [9.17, 15) is 14.4 Å². The van der Waals surface area contributed by atoms with Gasteiger partial charge >= 0.3 is 11.1 Å². The zero-order valence-corrected chi connectivity index (χ0v) is 14.5. The van der Waals surface area contributed by atoms with Gasteiger partial charge in [0.05, 0.1) is 11.0 Å². The largest absolute Gasteiger partial charge is 0.322 e. The summed E-state index contributed by atoms with van der Waals surface area (Å²) in [5.41, 5.74) is 1.55. The van der Waals surface area contributed by atoms with Gasteiger partial charge in [0, 0.05) is 22.8 Å². The molecule has 0 bridgehead atoms. The summed E-state index contributed by atoms with van der Waals surface area (Å²) in [6.45, 7) is 4.01. The van der Waals surface area contributed by atoms with Crippen LogP contribution in [0.25, 0.3) is 11.0 Å². The number of hydrogen-bond acceptors (Lipinski definition) is 3. The Kier molecular flexibility index (Phi) is 4.46. The molecule has 6 nitrogen and oxygen atoms in total. The molecule has 2 N–H and O–H groups in total. The fourth-order valence-electron chi connectivity index (χ4n) is 2.66. The number of hydrogen-bond donors (Lipinski definition) is 2. The molecular formula is C18H16ClN3O3. The predicted molar refractivity (Wildman–Crippen MR) is 98.6 cm³/mol. The van der Waals surface area contributed by atoms with Crippen LogP contribution in [-0.2, 0) is 6.54 Å². The summed E-state index contributed by atoms with van der Waals surface area (Å²) >= 11 is 5.97. The van der Waals surface area contributed by atoms with E-state index in [4.69, 9.17) is 11.6 Å². The second kappa shape index (κ2) is 6.57. The van der Waals surface area contributed by atoms with Gasteiger partial charge in [-0.25, -0.2) is 0 Å². The fourth-order valence-corrected chi connectivity index (χ4v) is 2.83. The van der Waals surface area contributed by atoms with Crippen molar-refractivity contribution >= 4 is 34.2 Å². The molecular weight excluding hydrogens is 342 g/mol. The summed E-state index contributed by atoms with van der Waals surface area (Å²) < 4.78 is 1.37. The Labute approximate surface area is 148 Å². The number of aromatic nitrogens is 2. The number of halogens is 1. The highest BCUT2D eigenvalue weighted by molar-refractivity contribution is 6.31. The van der Waals surface area contributed by atoms with Crippen LogP contribution in [0.2, 0.25) is 5.02 Å². The lowest BCUT2D eigenvalue weighted by Crippen LogP contribution is -2.36. The number of aromatic amines is 1. The third-order valence-electron chi connectivity index (χ3n) is 4.00. The average Bonchev–Trinajstić information content (AvgIpc) is 2.59. The Hall–Kier alpha value is -2.86. The Bertz CT molecular complexity index is 1100. The van der Waals surface area contributed by atoms with Crippen molar-refractivity contribution in [2.45, 2.75) is 20.4 Å². The van der Waals surface area contributed by atoms with E-state index in [1.807, 2.05) is 13.0 Å². The summed E-state index contributed by atoms with van der Waals surface area (Å²) in [7, 11) is 0. The molecule has 0 fully saturated rings.